The molecular weight excluding hydrogens is 179 g/mol. The second-order valence-corrected chi connectivity index (χ2v) is 2.92. The van der Waals surface area contributed by atoms with Gasteiger partial charge in [-0.05, 0) is 5.56 Å². The van der Waals surface area contributed by atoms with Gasteiger partial charge in [-0.2, -0.15) is 0 Å². The van der Waals surface area contributed by atoms with E-state index in [1.807, 2.05) is 12.1 Å². The van der Waals surface area contributed by atoms with Crippen molar-refractivity contribution in [2.45, 2.75) is 6.67 Å². The van der Waals surface area contributed by atoms with Gasteiger partial charge < -0.3 is 0 Å². The summed E-state index contributed by atoms with van der Waals surface area (Å²) in [5.74, 6) is 0. The van der Waals surface area contributed by atoms with Crippen LogP contribution >= 0.6 is 0 Å². The summed E-state index contributed by atoms with van der Waals surface area (Å²) in [4.78, 5) is 8.12. The van der Waals surface area contributed by atoms with E-state index in [2.05, 4.69) is 9.97 Å². The Bertz CT molecular complexity index is 397. The van der Waals surface area contributed by atoms with Gasteiger partial charge in [0.25, 0.3) is 0 Å². The number of benzene rings is 1. The van der Waals surface area contributed by atoms with Crippen LogP contribution in [0.2, 0.25) is 0 Å². The maximum Gasteiger partial charge on any atom is 0.115 e. The first-order chi connectivity index (χ1) is 6.90. The molecule has 0 aliphatic rings. The average Bonchev–Trinajstić information content (AvgIpc) is 2.30. The Morgan fingerprint density at radius 2 is 1.86 bits per heavy atom. The fourth-order valence-electron chi connectivity index (χ4n) is 1.21. The largest absolute Gasteiger partial charge is 0.261 e. The molecule has 1 aromatic heterocycles. The minimum absolute atomic E-state index is 0.430. The van der Waals surface area contributed by atoms with Gasteiger partial charge in [-0.15, -0.1) is 0 Å². The van der Waals surface area contributed by atoms with Crippen LogP contribution in [0.4, 0.5) is 4.39 Å². The van der Waals surface area contributed by atoms with Gasteiger partial charge in [0.15, 0.2) is 0 Å². The van der Waals surface area contributed by atoms with E-state index in [-0.39, 0.29) is 0 Å². The van der Waals surface area contributed by atoms with E-state index in [4.69, 9.17) is 0 Å². The third-order valence-corrected chi connectivity index (χ3v) is 1.97. The first-order valence-electron chi connectivity index (χ1n) is 4.31. The minimum Gasteiger partial charge on any atom is -0.261 e. The van der Waals surface area contributed by atoms with Gasteiger partial charge in [0.2, 0.25) is 0 Å². The molecule has 0 unspecified atom stereocenters. The molecule has 0 N–H and O–H groups in total. The van der Waals surface area contributed by atoms with Crippen molar-refractivity contribution in [2.24, 2.45) is 0 Å². The number of hydrogen-bond donors (Lipinski definition) is 0. The molecule has 0 fully saturated rings. The van der Waals surface area contributed by atoms with Crippen LogP contribution in [0.25, 0.3) is 11.3 Å². The first-order valence-corrected chi connectivity index (χ1v) is 4.31. The molecule has 1 heterocycles. The lowest BCUT2D eigenvalue weighted by Gasteiger charge is -1.99. The Morgan fingerprint density at radius 1 is 1.07 bits per heavy atom. The monoisotopic (exact) mass is 188 g/mol. The number of nitrogens with zero attached hydrogens (tertiary/aromatic N) is 2. The highest BCUT2D eigenvalue weighted by Gasteiger charge is 1.98. The van der Waals surface area contributed by atoms with Gasteiger partial charge >= 0.3 is 0 Å². The van der Waals surface area contributed by atoms with Crippen LogP contribution in [0.1, 0.15) is 5.56 Å². The maximum atomic E-state index is 12.2. The van der Waals surface area contributed by atoms with Gasteiger partial charge in [-0.25, -0.2) is 4.39 Å². The molecule has 2 aromatic rings. The second kappa shape index (κ2) is 3.96. The fourth-order valence-corrected chi connectivity index (χ4v) is 1.21. The molecule has 0 radical (unpaired) electrons. The lowest BCUT2D eigenvalue weighted by molar-refractivity contribution is 0.485. The molecule has 0 atom stereocenters. The topological polar surface area (TPSA) is 25.8 Å². The van der Waals surface area contributed by atoms with E-state index in [9.17, 15) is 4.39 Å². The summed E-state index contributed by atoms with van der Waals surface area (Å²) < 4.78 is 12.2. The highest BCUT2D eigenvalue weighted by molar-refractivity contribution is 5.57. The number of hydrogen-bond acceptors (Lipinski definition) is 2. The minimum atomic E-state index is -0.430. The summed E-state index contributed by atoms with van der Waals surface area (Å²) in [6.07, 6.45) is 4.95. The predicted molar refractivity (Wildman–Crippen MR) is 52.3 cm³/mol. The molecule has 0 saturated carbocycles. The smallest absolute Gasteiger partial charge is 0.115 e. The summed E-state index contributed by atoms with van der Waals surface area (Å²) in [5.41, 5.74) is 2.44. The molecule has 0 aliphatic heterocycles. The highest BCUT2D eigenvalue weighted by atomic mass is 19.1. The van der Waals surface area contributed by atoms with E-state index < -0.39 is 6.67 Å². The van der Waals surface area contributed by atoms with Crippen LogP contribution in [0.3, 0.4) is 0 Å². The lowest BCUT2D eigenvalue weighted by atomic mass is 10.1. The summed E-state index contributed by atoms with van der Waals surface area (Å²) in [6.45, 7) is -0.430. The molecule has 0 amide bonds. The molecule has 2 nitrogen and oxygen atoms in total. The van der Waals surface area contributed by atoms with Crippen molar-refractivity contribution in [3.8, 4) is 11.3 Å². The molecule has 0 spiro atoms. The summed E-state index contributed by atoms with van der Waals surface area (Å²) in [5, 5.41) is 0. The second-order valence-electron chi connectivity index (χ2n) is 2.92. The van der Waals surface area contributed by atoms with Crippen LogP contribution in [0, 0.1) is 0 Å². The maximum absolute atomic E-state index is 12.2. The normalized spacial score (nSPS) is 10.1. The van der Waals surface area contributed by atoms with Crippen LogP contribution < -0.4 is 0 Å². The van der Waals surface area contributed by atoms with Crippen molar-refractivity contribution in [3.05, 3.63) is 48.4 Å². The van der Waals surface area contributed by atoms with Crippen LogP contribution in [-0.2, 0) is 6.67 Å². The molecule has 0 saturated heterocycles. The van der Waals surface area contributed by atoms with Crippen LogP contribution in [-0.4, -0.2) is 9.97 Å². The zero-order chi connectivity index (χ0) is 9.80. The number of rotatable bonds is 2. The quantitative estimate of drug-likeness (QED) is 0.724. The van der Waals surface area contributed by atoms with E-state index >= 15 is 0 Å². The van der Waals surface area contributed by atoms with Crippen molar-refractivity contribution in [1.29, 1.82) is 0 Å². The molecule has 1 aromatic carbocycles. The molecule has 2 rings (SSSR count). The van der Waals surface area contributed by atoms with Gasteiger partial charge in [0, 0.05) is 18.0 Å². The Balaban J connectivity index is 2.34. The highest BCUT2D eigenvalue weighted by Crippen LogP contribution is 2.16. The van der Waals surface area contributed by atoms with E-state index in [1.54, 1.807) is 30.7 Å². The summed E-state index contributed by atoms with van der Waals surface area (Å²) in [6, 6.07) is 7.20. The first kappa shape index (κ1) is 8.81. The summed E-state index contributed by atoms with van der Waals surface area (Å²) in [7, 11) is 0. The summed E-state index contributed by atoms with van der Waals surface area (Å²) >= 11 is 0. The van der Waals surface area contributed by atoms with Gasteiger partial charge in [-0.1, -0.05) is 24.3 Å². The SMILES string of the molecule is FCc1ccc(-c2cnccn2)cc1. The van der Waals surface area contributed by atoms with Gasteiger partial charge in [0.1, 0.15) is 6.67 Å². The van der Waals surface area contributed by atoms with Crippen molar-refractivity contribution >= 4 is 0 Å². The number of aromatic nitrogens is 2. The van der Waals surface area contributed by atoms with Gasteiger partial charge in [-0.3, -0.25) is 9.97 Å². The van der Waals surface area contributed by atoms with E-state index in [0.717, 1.165) is 11.3 Å². The number of halogens is 1. The van der Waals surface area contributed by atoms with Crippen molar-refractivity contribution in [2.75, 3.05) is 0 Å². The fraction of sp³-hybridized carbons (Fsp3) is 0.0909. The molecule has 70 valence electrons. The Labute approximate surface area is 81.5 Å². The standard InChI is InChI=1S/C11H9FN2/c12-7-9-1-3-10(4-2-9)11-8-13-5-6-14-11/h1-6,8H,7H2. The zero-order valence-electron chi connectivity index (χ0n) is 7.52. The zero-order valence-corrected chi connectivity index (χ0v) is 7.52. The molecule has 3 heteroatoms. The van der Waals surface area contributed by atoms with Crippen LogP contribution in [0.15, 0.2) is 42.9 Å². The van der Waals surface area contributed by atoms with Crippen molar-refractivity contribution < 1.29 is 4.39 Å². The van der Waals surface area contributed by atoms with E-state index in [0.29, 0.717) is 5.56 Å². The molecule has 14 heavy (non-hydrogen) atoms. The lowest BCUT2D eigenvalue weighted by Crippen LogP contribution is -1.84. The van der Waals surface area contributed by atoms with Crippen molar-refractivity contribution in [3.63, 3.8) is 0 Å². The van der Waals surface area contributed by atoms with Crippen molar-refractivity contribution in [1.82, 2.24) is 9.97 Å². The Hall–Kier alpha value is -1.77. The Kier molecular flexibility index (Phi) is 2.49. The Morgan fingerprint density at radius 3 is 2.43 bits per heavy atom. The molecular formula is C11H9FN2. The number of alkyl halides is 1. The van der Waals surface area contributed by atoms with Crippen LogP contribution in [0.5, 0.6) is 0 Å². The van der Waals surface area contributed by atoms with E-state index in [1.165, 1.54) is 0 Å². The van der Waals surface area contributed by atoms with Gasteiger partial charge in [0.05, 0.1) is 11.9 Å². The third kappa shape index (κ3) is 1.76. The predicted octanol–water partition coefficient (Wildman–Crippen LogP) is 2.61. The average molecular weight is 188 g/mol. The molecule has 0 bridgehead atoms. The molecule has 0 aliphatic carbocycles. The third-order valence-electron chi connectivity index (χ3n) is 1.97.